The van der Waals surface area contributed by atoms with Gasteiger partial charge in [-0.25, -0.2) is 0 Å². The summed E-state index contributed by atoms with van der Waals surface area (Å²) in [6, 6.07) is 11.1. The molecule has 0 saturated carbocycles. The van der Waals surface area contributed by atoms with Crippen molar-refractivity contribution < 1.29 is 18.9 Å². The molecule has 2 aliphatic heterocycles. The van der Waals surface area contributed by atoms with Gasteiger partial charge in [0.25, 0.3) is 0 Å². The third-order valence-corrected chi connectivity index (χ3v) is 6.02. The molecule has 150 valence electrons. The van der Waals surface area contributed by atoms with Crippen LogP contribution in [-0.4, -0.2) is 25.9 Å². The monoisotopic (exact) mass is 394 g/mol. The summed E-state index contributed by atoms with van der Waals surface area (Å²) >= 11 is 0. The predicted octanol–water partition coefficient (Wildman–Crippen LogP) is 3.46. The van der Waals surface area contributed by atoms with Crippen molar-refractivity contribution in [3.63, 3.8) is 0 Å². The fraction of sp³-hybridized carbons (Fsp3) is 0.524. The average molecular weight is 394 g/mol. The molecule has 2 heterocycles. The van der Waals surface area contributed by atoms with E-state index in [0.717, 1.165) is 0 Å². The summed E-state index contributed by atoms with van der Waals surface area (Å²) in [6.45, 7) is 3.58. The zero-order chi connectivity index (χ0) is 21.4. The fourth-order valence-corrected chi connectivity index (χ4v) is 4.63. The Morgan fingerprint density at radius 1 is 1.14 bits per heavy atom. The first-order valence-corrected chi connectivity index (χ1v) is 9.25. The van der Waals surface area contributed by atoms with E-state index in [4.69, 9.17) is 24.4 Å². The van der Waals surface area contributed by atoms with E-state index in [0.29, 0.717) is 29.9 Å². The Labute approximate surface area is 169 Å². The molecule has 1 aromatic carbocycles. The van der Waals surface area contributed by atoms with Crippen molar-refractivity contribution in [2.24, 2.45) is 16.7 Å². The van der Waals surface area contributed by atoms with E-state index < -0.39 is 34.5 Å². The Bertz CT molecular complexity index is 958. The first-order chi connectivity index (χ1) is 13.8. The highest BCUT2D eigenvalue weighted by Gasteiger charge is 2.79. The van der Waals surface area contributed by atoms with Crippen molar-refractivity contribution in [3.8, 4) is 29.7 Å². The highest BCUT2D eigenvalue weighted by atomic mass is 16.7. The topological polar surface area (TPSA) is 132 Å². The van der Waals surface area contributed by atoms with Crippen LogP contribution in [0.15, 0.2) is 18.2 Å². The van der Waals surface area contributed by atoms with E-state index >= 15 is 0 Å². The van der Waals surface area contributed by atoms with Gasteiger partial charge in [0.05, 0.1) is 38.3 Å². The highest BCUT2D eigenvalue weighted by molar-refractivity contribution is 5.89. The van der Waals surface area contributed by atoms with Crippen LogP contribution in [0.4, 0.5) is 0 Å². The second-order valence-electron chi connectivity index (χ2n) is 7.35. The summed E-state index contributed by atoms with van der Waals surface area (Å²) in [5.41, 5.74) is -3.36. The molecule has 0 aromatic heterocycles. The lowest BCUT2D eigenvalue weighted by molar-refractivity contribution is -0.274. The van der Waals surface area contributed by atoms with Gasteiger partial charge in [0, 0.05) is 18.6 Å². The highest BCUT2D eigenvalue weighted by Crippen LogP contribution is 2.67. The molecule has 29 heavy (non-hydrogen) atoms. The molecule has 0 spiro atoms. The van der Waals surface area contributed by atoms with E-state index in [9.17, 15) is 15.8 Å². The summed E-state index contributed by atoms with van der Waals surface area (Å²) in [4.78, 5) is 0. The summed E-state index contributed by atoms with van der Waals surface area (Å²) in [5, 5.41) is 39.1. The third-order valence-electron chi connectivity index (χ3n) is 6.02. The van der Waals surface area contributed by atoms with E-state index in [1.165, 1.54) is 14.2 Å². The van der Waals surface area contributed by atoms with Crippen molar-refractivity contribution in [2.75, 3.05) is 14.2 Å². The normalized spacial score (nSPS) is 31.7. The minimum atomic E-state index is -2.00. The maximum atomic E-state index is 10.2. The molecule has 8 heteroatoms. The minimum absolute atomic E-state index is 0.348. The lowest BCUT2D eigenvalue weighted by atomic mass is 9.53. The van der Waals surface area contributed by atoms with Gasteiger partial charge in [-0.1, -0.05) is 13.3 Å². The Kier molecular flexibility index (Phi) is 4.91. The van der Waals surface area contributed by atoms with Crippen molar-refractivity contribution in [1.29, 1.82) is 21.2 Å². The standard InChI is InChI=1S/C21H22N4O4/c1-5-6-16-19(2)28-17(14-8-7-13(26-3)9-15(14)27-4)20(10-22,11-23)21(16,12-24)18(25)29-19/h7-9,16-17,25H,5-6H2,1-4H3. The van der Waals surface area contributed by atoms with Crippen LogP contribution in [-0.2, 0) is 9.47 Å². The molecule has 1 N–H and O–H groups in total. The van der Waals surface area contributed by atoms with Gasteiger partial charge in [-0.15, -0.1) is 0 Å². The lowest BCUT2D eigenvalue weighted by Gasteiger charge is -2.48. The summed E-state index contributed by atoms with van der Waals surface area (Å²) < 4.78 is 22.7. The number of nitrogens with zero attached hydrogens (tertiary/aromatic N) is 3. The molecular weight excluding hydrogens is 372 g/mol. The van der Waals surface area contributed by atoms with Crippen molar-refractivity contribution in [3.05, 3.63) is 23.8 Å². The molecule has 3 rings (SSSR count). The predicted molar refractivity (Wildman–Crippen MR) is 101 cm³/mol. The molecule has 8 nitrogen and oxygen atoms in total. The number of fused-ring (bicyclic) bond motifs is 2. The maximum Gasteiger partial charge on any atom is 0.214 e. The first kappa shape index (κ1) is 20.5. The van der Waals surface area contributed by atoms with Crippen LogP contribution < -0.4 is 9.47 Å². The number of nitrogens with one attached hydrogen (secondary N) is 1. The smallest absolute Gasteiger partial charge is 0.214 e. The molecule has 2 fully saturated rings. The largest absolute Gasteiger partial charge is 0.497 e. The molecule has 0 radical (unpaired) electrons. The zero-order valence-corrected chi connectivity index (χ0v) is 16.8. The van der Waals surface area contributed by atoms with Crippen molar-refractivity contribution in [1.82, 2.24) is 0 Å². The van der Waals surface area contributed by atoms with Gasteiger partial charge in [-0.3, -0.25) is 5.41 Å². The summed E-state index contributed by atoms with van der Waals surface area (Å²) in [6.07, 6.45) is -0.0316. The summed E-state index contributed by atoms with van der Waals surface area (Å²) in [5.74, 6) is -1.50. The quantitative estimate of drug-likeness (QED) is 0.808. The molecular formula is C21H22N4O4. The van der Waals surface area contributed by atoms with Crippen LogP contribution in [0, 0.1) is 56.2 Å². The number of rotatable bonds is 5. The van der Waals surface area contributed by atoms with E-state index in [1.807, 2.05) is 19.1 Å². The van der Waals surface area contributed by atoms with Crippen LogP contribution in [0.5, 0.6) is 11.5 Å². The number of hydrogen-bond donors (Lipinski definition) is 1. The third kappa shape index (κ3) is 2.41. The minimum Gasteiger partial charge on any atom is -0.497 e. The number of methoxy groups -OCH3 is 2. The second-order valence-corrected chi connectivity index (χ2v) is 7.35. The first-order valence-electron chi connectivity index (χ1n) is 9.25. The van der Waals surface area contributed by atoms with Crippen LogP contribution >= 0.6 is 0 Å². The van der Waals surface area contributed by atoms with Crippen LogP contribution in [0.3, 0.4) is 0 Å². The van der Waals surface area contributed by atoms with Crippen LogP contribution in [0.1, 0.15) is 38.4 Å². The molecule has 4 unspecified atom stereocenters. The molecule has 2 bridgehead atoms. The van der Waals surface area contributed by atoms with Gasteiger partial charge >= 0.3 is 0 Å². The van der Waals surface area contributed by atoms with E-state index in [2.05, 4.69) is 6.07 Å². The fourth-order valence-electron chi connectivity index (χ4n) is 4.63. The van der Waals surface area contributed by atoms with Gasteiger partial charge < -0.3 is 18.9 Å². The number of nitriles is 3. The number of hydrogen-bond acceptors (Lipinski definition) is 8. The zero-order valence-electron chi connectivity index (χ0n) is 16.8. The molecule has 0 aliphatic carbocycles. The maximum absolute atomic E-state index is 10.2. The van der Waals surface area contributed by atoms with Crippen molar-refractivity contribution in [2.45, 2.75) is 38.6 Å². The Morgan fingerprint density at radius 2 is 1.83 bits per heavy atom. The van der Waals surface area contributed by atoms with Crippen molar-refractivity contribution >= 4 is 5.90 Å². The average Bonchev–Trinajstić information content (AvgIpc) is 2.90. The molecule has 2 saturated heterocycles. The molecule has 0 amide bonds. The van der Waals surface area contributed by atoms with Gasteiger partial charge in [0.15, 0.2) is 5.41 Å². The van der Waals surface area contributed by atoms with Gasteiger partial charge in [-0.05, 0) is 18.6 Å². The second kappa shape index (κ2) is 6.95. The lowest BCUT2D eigenvalue weighted by Crippen LogP contribution is -2.58. The van der Waals surface area contributed by atoms with Gasteiger partial charge in [0.2, 0.25) is 17.1 Å². The Hall–Kier alpha value is -3.28. The number of benzene rings is 1. The molecule has 1 aromatic rings. The van der Waals surface area contributed by atoms with Crippen LogP contribution in [0.2, 0.25) is 0 Å². The van der Waals surface area contributed by atoms with E-state index in [1.54, 1.807) is 25.1 Å². The van der Waals surface area contributed by atoms with Crippen LogP contribution in [0.25, 0.3) is 0 Å². The van der Waals surface area contributed by atoms with Gasteiger partial charge in [0.1, 0.15) is 17.6 Å². The SMILES string of the molecule is CCCC1C2(C)OC(=N)C1(C#N)C(C#N)(C#N)C(c1ccc(OC)cc1OC)O2. The Morgan fingerprint density at radius 3 is 2.34 bits per heavy atom. The molecule has 4 atom stereocenters. The van der Waals surface area contributed by atoms with E-state index in [-0.39, 0.29) is 0 Å². The number of ether oxygens (including phenoxy) is 4. The van der Waals surface area contributed by atoms with Gasteiger partial charge in [-0.2, -0.15) is 15.8 Å². The Balaban J connectivity index is 2.32. The summed E-state index contributed by atoms with van der Waals surface area (Å²) in [7, 11) is 2.97. The molecule has 2 aliphatic rings.